The maximum absolute atomic E-state index is 13.0. The van der Waals surface area contributed by atoms with Crippen molar-refractivity contribution in [1.82, 2.24) is 15.2 Å². The molecule has 5 N–H and O–H groups in total. The van der Waals surface area contributed by atoms with E-state index in [0.29, 0.717) is 17.9 Å². The molecule has 18 heteroatoms. The van der Waals surface area contributed by atoms with Gasteiger partial charge in [0.05, 0.1) is 11.7 Å². The topological polar surface area (TPSA) is 229 Å². The van der Waals surface area contributed by atoms with Gasteiger partial charge in [0, 0.05) is 34.8 Å². The third-order valence-corrected chi connectivity index (χ3v) is 8.20. The third-order valence-electron chi connectivity index (χ3n) is 6.19. The summed E-state index contributed by atoms with van der Waals surface area (Å²) in [6.07, 6.45) is 4.94. The summed E-state index contributed by atoms with van der Waals surface area (Å²) in [4.78, 5) is 48.0. The summed E-state index contributed by atoms with van der Waals surface area (Å²) in [6, 6.07) is 3.12. The number of aromatic nitrogens is 2. The number of rotatable bonds is 7. The quantitative estimate of drug-likeness (QED) is 0.0902. The van der Waals surface area contributed by atoms with Crippen molar-refractivity contribution in [1.29, 1.82) is 0 Å². The molecule has 0 radical (unpaired) electrons. The molecule has 5 rings (SSSR count). The number of anilines is 1. The van der Waals surface area contributed by atoms with Crippen LogP contribution in [0.15, 0.2) is 40.1 Å². The second-order valence-corrected chi connectivity index (χ2v) is 11.6. The number of aliphatic carboxylic acids is 1. The zero-order chi connectivity index (χ0) is 29.2. The SMILES string of the molecule is CO/N=C(\C(=O)NC1C(=O)N2C(C(=O)[O-])=C(C[n+]3cccc4c3CCC4)CSC12)c1csc(N)n1.O=S(=O)(O)O. The van der Waals surface area contributed by atoms with Crippen LogP contribution in [-0.2, 0) is 49.0 Å². The lowest BCUT2D eigenvalue weighted by Gasteiger charge is -2.50. The van der Waals surface area contributed by atoms with Crippen LogP contribution in [0, 0.1) is 0 Å². The van der Waals surface area contributed by atoms with E-state index in [0.717, 1.165) is 30.6 Å². The van der Waals surface area contributed by atoms with E-state index in [1.54, 1.807) is 5.38 Å². The molecular weight excluding hydrogens is 588 g/mol. The summed E-state index contributed by atoms with van der Waals surface area (Å²) in [5, 5.41) is 19.7. The second-order valence-electron chi connectivity index (χ2n) is 8.70. The first-order valence-corrected chi connectivity index (χ1v) is 14.9. The average Bonchev–Trinajstić information content (AvgIpc) is 3.53. The summed E-state index contributed by atoms with van der Waals surface area (Å²) in [7, 11) is -3.38. The molecule has 1 aliphatic carbocycles. The fourth-order valence-corrected chi connectivity index (χ4v) is 6.54. The molecule has 0 saturated carbocycles. The first kappa shape index (κ1) is 29.4. The van der Waals surface area contributed by atoms with Gasteiger partial charge in [-0.3, -0.25) is 23.6 Å². The van der Waals surface area contributed by atoms with Gasteiger partial charge < -0.3 is 25.8 Å². The van der Waals surface area contributed by atoms with Crippen LogP contribution in [0.25, 0.3) is 0 Å². The highest BCUT2D eigenvalue weighted by atomic mass is 32.3. The predicted molar refractivity (Wildman–Crippen MR) is 140 cm³/mol. The zero-order valence-corrected chi connectivity index (χ0v) is 23.3. The highest BCUT2D eigenvalue weighted by molar-refractivity contribution is 8.00. The number of nitrogen functional groups attached to an aromatic ring is 1. The van der Waals surface area contributed by atoms with Crippen molar-refractivity contribution < 1.29 is 46.4 Å². The van der Waals surface area contributed by atoms with Gasteiger partial charge in [-0.1, -0.05) is 5.16 Å². The minimum atomic E-state index is -4.67. The molecule has 3 aliphatic rings. The Bertz CT molecular complexity index is 1510. The monoisotopic (exact) mass is 612 g/mol. The molecule has 2 aromatic rings. The number of nitrogens with two attached hydrogens (primary N) is 1. The van der Waals surface area contributed by atoms with Crippen LogP contribution in [0.1, 0.15) is 23.4 Å². The van der Waals surface area contributed by atoms with E-state index >= 15 is 0 Å². The maximum Gasteiger partial charge on any atom is 0.394 e. The van der Waals surface area contributed by atoms with Gasteiger partial charge in [0.15, 0.2) is 29.3 Å². The highest BCUT2D eigenvalue weighted by Crippen LogP contribution is 2.40. The Hall–Kier alpha value is -3.58. The molecule has 2 unspecified atom stereocenters. The molecule has 4 heterocycles. The number of β-lactam (4-membered cyclic amide) rings is 1. The minimum Gasteiger partial charge on any atom is -0.543 e. The fraction of sp³-hybridized carbons (Fsp3) is 0.364. The van der Waals surface area contributed by atoms with Gasteiger partial charge in [0.25, 0.3) is 11.8 Å². The molecule has 2 aliphatic heterocycles. The molecule has 0 bridgehead atoms. The van der Waals surface area contributed by atoms with E-state index in [1.807, 2.05) is 12.3 Å². The minimum absolute atomic E-state index is 0.120. The lowest BCUT2D eigenvalue weighted by atomic mass is 10.0. The van der Waals surface area contributed by atoms with Gasteiger partial charge >= 0.3 is 10.4 Å². The lowest BCUT2D eigenvalue weighted by Crippen LogP contribution is -2.71. The second kappa shape index (κ2) is 11.9. The summed E-state index contributed by atoms with van der Waals surface area (Å²) in [5.41, 5.74) is 8.69. The Morgan fingerprint density at radius 1 is 1.38 bits per heavy atom. The van der Waals surface area contributed by atoms with Crippen molar-refractivity contribution >= 4 is 62.1 Å². The van der Waals surface area contributed by atoms with Gasteiger partial charge in [0.1, 0.15) is 24.2 Å². The Balaban J connectivity index is 0.000000681. The van der Waals surface area contributed by atoms with Crippen LogP contribution in [0.4, 0.5) is 5.13 Å². The Morgan fingerprint density at radius 3 is 2.73 bits per heavy atom. The van der Waals surface area contributed by atoms with Crippen LogP contribution < -0.4 is 20.7 Å². The number of nitrogens with one attached hydrogen (secondary N) is 1. The molecule has 1 fully saturated rings. The van der Waals surface area contributed by atoms with Crippen LogP contribution in [0.5, 0.6) is 0 Å². The number of aryl methyl sites for hydroxylation is 1. The normalized spacial score (nSPS) is 20.1. The number of carboxylic acid groups (broad SMARTS) is 1. The van der Waals surface area contributed by atoms with E-state index < -0.39 is 39.6 Å². The third kappa shape index (κ3) is 6.41. The summed E-state index contributed by atoms with van der Waals surface area (Å²) >= 11 is 2.53. The Labute approximate surface area is 236 Å². The number of pyridine rings is 1. The number of thioether (sulfide) groups is 1. The maximum atomic E-state index is 13.0. The average molecular weight is 613 g/mol. The van der Waals surface area contributed by atoms with Crippen LogP contribution in [0.3, 0.4) is 0 Å². The smallest absolute Gasteiger partial charge is 0.394 e. The highest BCUT2D eigenvalue weighted by Gasteiger charge is 2.53. The molecule has 2 aromatic heterocycles. The molecule has 0 spiro atoms. The van der Waals surface area contributed by atoms with E-state index in [2.05, 4.69) is 26.1 Å². The summed E-state index contributed by atoms with van der Waals surface area (Å²) in [6.45, 7) is 0.364. The van der Waals surface area contributed by atoms with Crippen LogP contribution >= 0.6 is 23.1 Å². The van der Waals surface area contributed by atoms with Gasteiger partial charge in [0.2, 0.25) is 0 Å². The van der Waals surface area contributed by atoms with Crippen molar-refractivity contribution in [2.45, 2.75) is 37.2 Å². The Morgan fingerprint density at radius 2 is 2.10 bits per heavy atom. The first-order valence-electron chi connectivity index (χ1n) is 11.6. The van der Waals surface area contributed by atoms with Crippen molar-refractivity contribution in [3.63, 3.8) is 0 Å². The van der Waals surface area contributed by atoms with E-state index in [-0.39, 0.29) is 22.2 Å². The largest absolute Gasteiger partial charge is 0.543 e. The van der Waals surface area contributed by atoms with E-state index in [4.69, 9.17) is 28.1 Å². The number of carbonyl (C=O) groups excluding carboxylic acids is 3. The van der Waals surface area contributed by atoms with Crippen LogP contribution in [0.2, 0.25) is 0 Å². The van der Waals surface area contributed by atoms with Gasteiger partial charge in [-0.25, -0.2) is 4.98 Å². The molecular formula is C22H24N6O9S3. The first-order chi connectivity index (χ1) is 18.9. The number of carbonyl (C=O) groups is 3. The molecule has 2 atom stereocenters. The molecule has 15 nitrogen and oxygen atoms in total. The molecule has 2 amide bonds. The molecule has 1 saturated heterocycles. The predicted octanol–water partition coefficient (Wildman–Crippen LogP) is -1.70. The fourth-order valence-electron chi connectivity index (χ4n) is 4.66. The molecule has 0 aromatic carbocycles. The number of amides is 2. The number of carboxylic acids is 1. The number of hydrogen-bond donors (Lipinski definition) is 4. The number of fused-ring (bicyclic) bond motifs is 2. The van der Waals surface area contributed by atoms with Crippen LogP contribution in [-0.4, -0.2) is 75.2 Å². The van der Waals surface area contributed by atoms with E-state index in [9.17, 15) is 19.5 Å². The van der Waals surface area contributed by atoms with Gasteiger partial charge in [-0.15, -0.1) is 23.1 Å². The summed E-state index contributed by atoms with van der Waals surface area (Å²) in [5.74, 6) is -2.21. The number of oxime groups is 1. The lowest BCUT2D eigenvalue weighted by molar-refractivity contribution is -0.696. The standard InChI is InChI=1S/C22H22N6O5S2.H2O4S/c1-33-26-15(13-10-35-22(23)24-13)18(29)25-16-19(30)28-17(21(31)32)12(9-34-20(16)28)8-27-7-3-5-11-4-2-6-14(11)27;1-5(2,3)4/h3,5,7,10,16,20H,2,4,6,8-9H2,1H3,(H3-,23,24,25,29,31,32);(H2,1,2,3,4)/b26-15-;. The van der Waals surface area contributed by atoms with Crippen molar-refractivity contribution in [3.05, 3.63) is 51.9 Å². The van der Waals surface area contributed by atoms with Crippen molar-refractivity contribution in [3.8, 4) is 0 Å². The number of thiazole rings is 1. The molecule has 40 heavy (non-hydrogen) atoms. The van der Waals surface area contributed by atoms with E-state index in [1.165, 1.54) is 35.0 Å². The number of nitrogens with zero attached hydrogens (tertiary/aromatic N) is 4. The van der Waals surface area contributed by atoms with Crippen molar-refractivity contribution in [2.75, 3.05) is 18.6 Å². The Kier molecular flexibility index (Phi) is 8.74. The summed E-state index contributed by atoms with van der Waals surface area (Å²) < 4.78 is 33.6. The molecule has 214 valence electrons. The zero-order valence-electron chi connectivity index (χ0n) is 20.8. The van der Waals surface area contributed by atoms with Gasteiger partial charge in [-0.05, 0) is 18.9 Å². The van der Waals surface area contributed by atoms with Gasteiger partial charge in [-0.2, -0.15) is 13.0 Å². The van der Waals surface area contributed by atoms with Crippen molar-refractivity contribution in [2.24, 2.45) is 5.16 Å². The number of hydrogen-bond acceptors (Lipinski definition) is 12.